The Bertz CT molecular complexity index is 1270. The van der Waals surface area contributed by atoms with Crippen LogP contribution in [-0.4, -0.2) is 77.6 Å². The van der Waals surface area contributed by atoms with Crippen molar-refractivity contribution in [3.8, 4) is 0 Å². The average Bonchev–Trinajstić information content (AvgIpc) is 3.23. The Hall–Kier alpha value is -0.860. The fraction of sp³-hybridized carbons (Fsp3) is 0.722. The Kier molecular flexibility index (Phi) is 14.2. The first-order valence-electron chi connectivity index (χ1n) is 12.0. The maximum absolute atomic E-state index is 12.3. The van der Waals surface area contributed by atoms with Crippen molar-refractivity contribution in [3.05, 3.63) is 22.7 Å². The largest absolute Gasteiger partial charge is 0.490 e. The second-order valence-corrected chi connectivity index (χ2v) is 16.6. The van der Waals surface area contributed by atoms with Crippen LogP contribution in [0.2, 0.25) is 0 Å². The van der Waals surface area contributed by atoms with Crippen molar-refractivity contribution in [1.29, 1.82) is 0 Å². The van der Waals surface area contributed by atoms with Crippen LogP contribution in [0.5, 0.6) is 0 Å². The number of phosphoric ester groups is 1. The predicted molar refractivity (Wildman–Crippen MR) is 152 cm³/mol. The molecule has 24 heteroatoms. The maximum Gasteiger partial charge on any atom is 0.490 e. The molecule has 0 aliphatic carbocycles. The number of nitrogens with one attached hydrogen (secondary N) is 1. The molecule has 1 aromatic rings. The van der Waals surface area contributed by atoms with E-state index in [2.05, 4.69) is 18.9 Å². The highest BCUT2D eigenvalue weighted by molar-refractivity contribution is 8.77. The van der Waals surface area contributed by atoms with E-state index < -0.39 is 54.2 Å². The summed E-state index contributed by atoms with van der Waals surface area (Å²) in [6.07, 6.45) is -0.682. The molecular weight excluding hydrogens is 667 g/mol. The lowest BCUT2D eigenvalue weighted by atomic mass is 10.2. The Morgan fingerprint density at radius 2 is 1.93 bits per heavy atom. The monoisotopic (exact) mass is 701 g/mol. The smallest absolute Gasteiger partial charge is 0.383 e. The molecular formula is C18H34N5O14P3S2. The molecule has 1 saturated heterocycles. The molecule has 1 aromatic heterocycles. The summed E-state index contributed by atoms with van der Waals surface area (Å²) < 4.78 is 59.1. The highest BCUT2D eigenvalue weighted by Crippen LogP contribution is 2.66. The number of carbonyl (C=O) groups excluding carboxylic acids is 1. The maximum atomic E-state index is 12.3. The van der Waals surface area contributed by atoms with Crippen molar-refractivity contribution in [2.75, 3.05) is 31.4 Å². The number of amides is 1. The predicted octanol–water partition coefficient (Wildman–Crippen LogP) is 0.814. The first-order valence-corrected chi connectivity index (χ1v) is 18.8. The van der Waals surface area contributed by atoms with Crippen LogP contribution >= 0.6 is 45.1 Å². The third-order valence-electron chi connectivity index (χ3n) is 5.09. The molecule has 9 N–H and O–H groups in total. The number of anilines is 1. The van der Waals surface area contributed by atoms with E-state index in [4.69, 9.17) is 35.3 Å². The summed E-state index contributed by atoms with van der Waals surface area (Å²) in [5.41, 5.74) is 10.2. The molecule has 2 heterocycles. The van der Waals surface area contributed by atoms with Gasteiger partial charge in [0, 0.05) is 30.3 Å². The van der Waals surface area contributed by atoms with Gasteiger partial charge in [-0.3, -0.25) is 13.9 Å². The Labute approximate surface area is 248 Å². The minimum atomic E-state index is -5.72. The fourth-order valence-electron chi connectivity index (χ4n) is 3.30. The van der Waals surface area contributed by atoms with E-state index in [-0.39, 0.29) is 28.8 Å². The molecule has 1 fully saturated rings. The quantitative estimate of drug-likeness (QED) is 0.0482. The van der Waals surface area contributed by atoms with E-state index in [0.29, 0.717) is 25.9 Å². The molecule has 5 atom stereocenters. The minimum Gasteiger partial charge on any atom is -0.383 e. The van der Waals surface area contributed by atoms with Crippen LogP contribution in [0.4, 0.5) is 5.82 Å². The molecule has 1 aliphatic heterocycles. The van der Waals surface area contributed by atoms with Crippen LogP contribution in [-0.2, 0) is 41.1 Å². The molecule has 1 amide bonds. The number of aromatic nitrogens is 2. The van der Waals surface area contributed by atoms with Crippen molar-refractivity contribution in [3.63, 3.8) is 0 Å². The summed E-state index contributed by atoms with van der Waals surface area (Å²) in [7, 11) is -14.0. The van der Waals surface area contributed by atoms with Crippen LogP contribution in [0.1, 0.15) is 39.3 Å². The lowest BCUT2D eigenvalue weighted by Crippen LogP contribution is -2.36. The van der Waals surface area contributed by atoms with Gasteiger partial charge in [-0.25, -0.2) is 18.5 Å². The van der Waals surface area contributed by atoms with Gasteiger partial charge < -0.3 is 45.8 Å². The van der Waals surface area contributed by atoms with E-state index >= 15 is 0 Å². The van der Waals surface area contributed by atoms with Gasteiger partial charge in [-0.1, -0.05) is 21.6 Å². The molecule has 19 nitrogen and oxygen atoms in total. The summed E-state index contributed by atoms with van der Waals surface area (Å²) in [5, 5.41) is 2.83. The fourth-order valence-corrected chi connectivity index (χ4v) is 8.51. The summed E-state index contributed by atoms with van der Waals surface area (Å²) in [6.45, 7) is 3.83. The van der Waals surface area contributed by atoms with Gasteiger partial charge in [0.05, 0.1) is 12.7 Å². The van der Waals surface area contributed by atoms with Crippen LogP contribution in [0.15, 0.2) is 17.1 Å². The second kappa shape index (κ2) is 15.9. The first-order chi connectivity index (χ1) is 19.3. The normalized spacial score (nSPS) is 22.4. The molecule has 0 radical (unpaired) electrons. The second-order valence-electron chi connectivity index (χ2n) is 9.25. The zero-order chi connectivity index (χ0) is 31.8. The third kappa shape index (κ3) is 13.8. The lowest BCUT2D eigenvalue weighted by molar-refractivity contribution is -0.121. The lowest BCUT2D eigenvalue weighted by Gasteiger charge is -2.24. The molecule has 0 aromatic carbocycles. The number of nitrogen functional groups attached to an aromatic ring is 1. The number of ether oxygens (including phenoxy) is 2. The van der Waals surface area contributed by atoms with Crippen LogP contribution in [0.25, 0.3) is 0 Å². The summed E-state index contributed by atoms with van der Waals surface area (Å²) >= 11 is 0. The summed E-state index contributed by atoms with van der Waals surface area (Å²) in [4.78, 5) is 64.3. The Balaban J connectivity index is 2.02. The summed E-state index contributed by atoms with van der Waals surface area (Å²) in [5.74, 6) is -0.0787. The van der Waals surface area contributed by atoms with Gasteiger partial charge >= 0.3 is 29.2 Å². The molecule has 1 aliphatic rings. The van der Waals surface area contributed by atoms with Gasteiger partial charge in [-0.15, -0.1) is 0 Å². The molecule has 242 valence electrons. The van der Waals surface area contributed by atoms with Gasteiger partial charge in [0.15, 0.2) is 0 Å². The molecule has 3 unspecified atom stereocenters. The SMILES string of the molecule is CC(C)(CNC(=O)CCCN)SSCO[C@@H]1C[C@H](n2ccc(N)nc2=O)OC1COP(=O)(O)OP(=O)(O)OP(=O)(O)O. The number of nitrogens with zero attached hydrogens (tertiary/aromatic N) is 2. The number of phosphoric acid groups is 3. The van der Waals surface area contributed by atoms with Crippen LogP contribution in [0.3, 0.4) is 0 Å². The molecule has 0 saturated carbocycles. The first kappa shape index (κ1) is 37.3. The zero-order valence-corrected chi connectivity index (χ0v) is 26.7. The van der Waals surface area contributed by atoms with Crippen molar-refractivity contribution < 1.29 is 60.7 Å². The number of carbonyl (C=O) groups is 1. The van der Waals surface area contributed by atoms with E-state index in [1.165, 1.54) is 33.9 Å². The van der Waals surface area contributed by atoms with Gasteiger partial charge in [0.25, 0.3) is 0 Å². The Morgan fingerprint density at radius 1 is 1.24 bits per heavy atom. The van der Waals surface area contributed by atoms with E-state index in [1.807, 2.05) is 13.8 Å². The molecule has 0 spiro atoms. The Morgan fingerprint density at radius 3 is 2.55 bits per heavy atom. The third-order valence-corrected chi connectivity index (χ3v) is 11.8. The molecule has 2 rings (SSSR count). The van der Waals surface area contributed by atoms with E-state index in [9.17, 15) is 33.1 Å². The highest BCUT2D eigenvalue weighted by atomic mass is 33.1. The minimum absolute atomic E-state index is 0.0298. The molecule has 42 heavy (non-hydrogen) atoms. The van der Waals surface area contributed by atoms with Gasteiger partial charge in [-0.2, -0.15) is 13.6 Å². The topological polar surface area (TPSA) is 294 Å². The van der Waals surface area contributed by atoms with Crippen LogP contribution < -0.4 is 22.5 Å². The van der Waals surface area contributed by atoms with Crippen molar-refractivity contribution in [1.82, 2.24) is 14.9 Å². The van der Waals surface area contributed by atoms with Crippen LogP contribution in [0, 0.1) is 0 Å². The number of hydrogen-bond donors (Lipinski definition) is 7. The standard InChI is InChI=1S/C18H34N5O14P3S2/c1-18(2,10-21-15(24)4-3-6-19)42-41-11-33-12-8-16(23-7-5-14(20)22-17(23)25)35-13(12)9-34-39(29,30)37-40(31,32)36-38(26,27)28/h5,7,12-13,16H,3-4,6,8-11,19H2,1-2H3,(H,21,24)(H,29,30)(H,31,32)(H2,20,22,25)(H2,26,27,28)/t12-,13?,16-/m1/s1. The average molecular weight is 702 g/mol. The van der Waals surface area contributed by atoms with Crippen molar-refractivity contribution in [2.45, 2.75) is 56.3 Å². The summed E-state index contributed by atoms with van der Waals surface area (Å²) in [6, 6.07) is 1.35. The van der Waals surface area contributed by atoms with Gasteiger partial charge in [0.1, 0.15) is 24.1 Å². The van der Waals surface area contributed by atoms with Crippen molar-refractivity contribution >= 4 is 56.8 Å². The number of rotatable bonds is 18. The highest BCUT2D eigenvalue weighted by Gasteiger charge is 2.43. The zero-order valence-electron chi connectivity index (χ0n) is 22.4. The number of nitrogens with two attached hydrogens (primary N) is 2. The van der Waals surface area contributed by atoms with Gasteiger partial charge in [0.2, 0.25) is 5.91 Å². The number of hydrogen-bond acceptors (Lipinski definition) is 15. The van der Waals surface area contributed by atoms with E-state index in [1.54, 1.807) is 0 Å². The van der Waals surface area contributed by atoms with E-state index in [0.717, 1.165) is 4.57 Å². The van der Waals surface area contributed by atoms with Crippen molar-refractivity contribution in [2.24, 2.45) is 5.73 Å². The van der Waals surface area contributed by atoms with Gasteiger partial charge in [-0.05, 0) is 32.9 Å². The molecule has 0 bridgehead atoms.